The van der Waals surface area contributed by atoms with E-state index in [1.807, 2.05) is 18.2 Å². The lowest BCUT2D eigenvalue weighted by molar-refractivity contribution is 0.493. The lowest BCUT2D eigenvalue weighted by Gasteiger charge is -2.20. The Kier molecular flexibility index (Phi) is 4.69. The van der Waals surface area contributed by atoms with Crippen LogP contribution in [0, 0.1) is 0 Å². The van der Waals surface area contributed by atoms with E-state index in [4.69, 9.17) is 15.8 Å². The van der Waals surface area contributed by atoms with Gasteiger partial charge in [0.25, 0.3) is 0 Å². The molecule has 1 unspecified atom stereocenters. The Morgan fingerprint density at radius 1 is 1.12 bits per heavy atom. The maximum atomic E-state index is 11.7. The lowest BCUT2D eigenvalue weighted by Crippen LogP contribution is -2.00. The fraction of sp³-hybridized carbons (Fsp3) is 0.538. The molecule has 0 radical (unpaired) electrons. The molecule has 1 aromatic carbocycles. The summed E-state index contributed by atoms with van der Waals surface area (Å²) >= 11 is 5.75. The molecule has 1 aromatic rings. The molecule has 0 saturated heterocycles. The van der Waals surface area contributed by atoms with E-state index in [2.05, 4.69) is 27.7 Å². The van der Waals surface area contributed by atoms with E-state index in [-0.39, 0.29) is 0 Å². The first-order chi connectivity index (χ1) is 7.72. The van der Waals surface area contributed by atoms with Crippen molar-refractivity contribution >= 4 is 18.0 Å². The number of rotatable bonds is 4. The summed E-state index contributed by atoms with van der Waals surface area (Å²) < 4.78 is 17.2. The first-order valence-electron chi connectivity index (χ1n) is 5.82. The van der Waals surface area contributed by atoms with Crippen molar-refractivity contribution in [3.8, 4) is 5.75 Å². The molecule has 0 aliphatic heterocycles. The number of benzene rings is 1. The summed E-state index contributed by atoms with van der Waals surface area (Å²) in [7, 11) is 0. The Balaban J connectivity index is 3.34. The van der Waals surface area contributed by atoms with Crippen LogP contribution >= 0.6 is 18.0 Å². The Labute approximate surface area is 109 Å². The molecule has 0 aliphatic carbocycles. The summed E-state index contributed by atoms with van der Waals surface area (Å²) in [5.74, 6) is 1.32. The van der Waals surface area contributed by atoms with Crippen LogP contribution in [0.1, 0.15) is 50.7 Å². The molecule has 0 bridgehead atoms. The smallest absolute Gasteiger partial charge is 0.333 e. The van der Waals surface area contributed by atoms with Gasteiger partial charge in [-0.3, -0.25) is 4.57 Å². The summed E-state index contributed by atoms with van der Waals surface area (Å²) in [6.45, 7) is 6.72. The second kappa shape index (κ2) is 5.46. The van der Waals surface area contributed by atoms with Crippen molar-refractivity contribution in [3.05, 3.63) is 29.3 Å². The molecule has 0 fully saturated rings. The summed E-state index contributed by atoms with van der Waals surface area (Å²) in [6, 6.07) is 6.00. The van der Waals surface area contributed by atoms with Crippen LogP contribution in [0.3, 0.4) is 0 Å². The van der Waals surface area contributed by atoms with Gasteiger partial charge in [-0.15, -0.1) is 0 Å². The van der Waals surface area contributed by atoms with Gasteiger partial charge in [0.1, 0.15) is 5.75 Å². The SMILES string of the molecule is CC(C)c1cccc(C(C)C)c1OP(C)(=O)Cl. The highest BCUT2D eigenvalue weighted by Gasteiger charge is 2.21. The lowest BCUT2D eigenvalue weighted by atomic mass is 9.94. The fourth-order valence-electron chi connectivity index (χ4n) is 1.75. The second-order valence-electron chi connectivity index (χ2n) is 4.91. The predicted octanol–water partition coefficient (Wildman–Crippen LogP) is 5.37. The molecule has 0 aliphatic rings. The van der Waals surface area contributed by atoms with Gasteiger partial charge in [0.15, 0.2) is 0 Å². The third-order valence-electron chi connectivity index (χ3n) is 2.57. The summed E-state index contributed by atoms with van der Waals surface area (Å²) in [5, 5.41) is 0. The van der Waals surface area contributed by atoms with E-state index in [1.165, 1.54) is 6.66 Å². The highest BCUT2D eigenvalue weighted by molar-refractivity contribution is 7.85. The monoisotopic (exact) mass is 274 g/mol. The molecule has 0 aromatic heterocycles. The number of hydrogen-bond donors (Lipinski definition) is 0. The van der Waals surface area contributed by atoms with Crippen molar-refractivity contribution in [2.24, 2.45) is 0 Å². The molecule has 0 saturated carbocycles. The van der Waals surface area contributed by atoms with Gasteiger partial charge >= 0.3 is 6.72 Å². The molecule has 2 nitrogen and oxygen atoms in total. The van der Waals surface area contributed by atoms with E-state index in [0.29, 0.717) is 17.6 Å². The molecule has 0 heterocycles. The maximum absolute atomic E-state index is 11.7. The van der Waals surface area contributed by atoms with Crippen LogP contribution in [0.25, 0.3) is 0 Å². The van der Waals surface area contributed by atoms with Crippen molar-refractivity contribution in [2.45, 2.75) is 39.5 Å². The van der Waals surface area contributed by atoms with Crippen LogP contribution in [0.5, 0.6) is 5.75 Å². The first kappa shape index (κ1) is 14.6. The van der Waals surface area contributed by atoms with Crippen molar-refractivity contribution in [1.29, 1.82) is 0 Å². The molecule has 1 atom stereocenters. The zero-order valence-corrected chi connectivity index (χ0v) is 12.7. The molecule has 17 heavy (non-hydrogen) atoms. The second-order valence-corrected chi connectivity index (χ2v) is 8.43. The molecule has 0 amide bonds. The Bertz CT molecular complexity index is 409. The zero-order chi connectivity index (χ0) is 13.2. The van der Waals surface area contributed by atoms with Crippen molar-refractivity contribution in [1.82, 2.24) is 0 Å². The van der Waals surface area contributed by atoms with Crippen LogP contribution < -0.4 is 4.52 Å². The minimum Gasteiger partial charge on any atom is -0.432 e. The third-order valence-corrected chi connectivity index (χ3v) is 3.29. The molecule has 0 spiro atoms. The van der Waals surface area contributed by atoms with Gasteiger partial charge < -0.3 is 4.52 Å². The largest absolute Gasteiger partial charge is 0.432 e. The molecular weight excluding hydrogens is 255 g/mol. The van der Waals surface area contributed by atoms with Gasteiger partial charge in [-0.25, -0.2) is 0 Å². The van der Waals surface area contributed by atoms with E-state index < -0.39 is 6.72 Å². The maximum Gasteiger partial charge on any atom is 0.333 e. The van der Waals surface area contributed by atoms with Gasteiger partial charge in [0.05, 0.1) is 0 Å². The fourth-order valence-corrected chi connectivity index (χ4v) is 2.50. The van der Waals surface area contributed by atoms with E-state index in [9.17, 15) is 4.57 Å². The molecule has 0 N–H and O–H groups in total. The van der Waals surface area contributed by atoms with Crippen LogP contribution in [-0.2, 0) is 4.57 Å². The number of para-hydroxylation sites is 1. The highest BCUT2D eigenvalue weighted by Crippen LogP contribution is 2.51. The van der Waals surface area contributed by atoms with Gasteiger partial charge in [0, 0.05) is 6.66 Å². The van der Waals surface area contributed by atoms with E-state index in [1.54, 1.807) is 0 Å². The molecule has 96 valence electrons. The van der Waals surface area contributed by atoms with E-state index in [0.717, 1.165) is 11.1 Å². The van der Waals surface area contributed by atoms with Crippen LogP contribution in [0.2, 0.25) is 0 Å². The standard InChI is InChI=1S/C13H20ClO2P/c1-9(2)11-7-6-8-12(10(3)4)13(11)16-17(5,14)15/h6-10H,1-5H3. The van der Waals surface area contributed by atoms with Crippen molar-refractivity contribution < 1.29 is 9.09 Å². The van der Waals surface area contributed by atoms with Gasteiger partial charge in [-0.2, -0.15) is 0 Å². The topological polar surface area (TPSA) is 26.3 Å². The molecule has 1 rings (SSSR count). The molecular formula is C13H20ClO2P. The minimum absolute atomic E-state index is 0.312. The molecule has 4 heteroatoms. The minimum atomic E-state index is -3.05. The van der Waals surface area contributed by atoms with Gasteiger partial charge in [-0.05, 0) is 34.2 Å². The third kappa shape index (κ3) is 4.04. The first-order valence-corrected chi connectivity index (χ1v) is 8.79. The Morgan fingerprint density at radius 3 is 1.82 bits per heavy atom. The zero-order valence-electron chi connectivity index (χ0n) is 11.0. The average molecular weight is 275 g/mol. The van der Waals surface area contributed by atoms with Crippen molar-refractivity contribution in [2.75, 3.05) is 6.66 Å². The highest BCUT2D eigenvalue weighted by atomic mass is 35.7. The van der Waals surface area contributed by atoms with Crippen LogP contribution in [0.15, 0.2) is 18.2 Å². The summed E-state index contributed by atoms with van der Waals surface area (Å²) in [4.78, 5) is 0. The number of halogens is 1. The van der Waals surface area contributed by atoms with E-state index >= 15 is 0 Å². The van der Waals surface area contributed by atoms with Gasteiger partial charge in [0.2, 0.25) is 0 Å². The predicted molar refractivity (Wildman–Crippen MR) is 74.6 cm³/mol. The normalized spacial score (nSPS) is 15.1. The van der Waals surface area contributed by atoms with Crippen LogP contribution in [0.4, 0.5) is 0 Å². The van der Waals surface area contributed by atoms with Gasteiger partial charge in [-0.1, -0.05) is 45.9 Å². The quantitative estimate of drug-likeness (QED) is 0.690. The number of hydrogen-bond acceptors (Lipinski definition) is 2. The van der Waals surface area contributed by atoms with Crippen LogP contribution in [-0.4, -0.2) is 6.66 Å². The Hall–Kier alpha value is -0.460. The Morgan fingerprint density at radius 2 is 1.53 bits per heavy atom. The van der Waals surface area contributed by atoms with Crippen molar-refractivity contribution in [3.63, 3.8) is 0 Å². The summed E-state index contributed by atoms with van der Waals surface area (Å²) in [5.41, 5.74) is 2.11. The average Bonchev–Trinajstić information content (AvgIpc) is 2.14. The summed E-state index contributed by atoms with van der Waals surface area (Å²) in [6.07, 6.45) is 0.